The molecule has 164 valence electrons. The first-order valence-corrected chi connectivity index (χ1v) is 11.3. The Morgan fingerprint density at radius 2 is 1.64 bits per heavy atom. The quantitative estimate of drug-likeness (QED) is 0.363. The maximum atomic E-state index is 12.8. The topological polar surface area (TPSA) is 75.1 Å². The van der Waals surface area contributed by atoms with Gasteiger partial charge in [0.05, 0.1) is 17.1 Å². The molecule has 1 amide bonds. The first kappa shape index (κ1) is 20.9. The highest BCUT2D eigenvalue weighted by Crippen LogP contribution is 2.37. The van der Waals surface area contributed by atoms with Gasteiger partial charge in [-0.2, -0.15) is 0 Å². The van der Waals surface area contributed by atoms with Crippen LogP contribution in [-0.4, -0.2) is 21.0 Å². The minimum absolute atomic E-state index is 0.0531. The number of rotatable bonds is 7. The Kier molecular flexibility index (Phi) is 5.85. The van der Waals surface area contributed by atoms with E-state index < -0.39 is 0 Å². The van der Waals surface area contributed by atoms with E-state index in [1.807, 2.05) is 54.6 Å². The fourth-order valence-corrected chi connectivity index (χ4v) is 4.29. The van der Waals surface area contributed by atoms with Crippen LogP contribution in [-0.2, 0) is 24.1 Å². The van der Waals surface area contributed by atoms with Crippen LogP contribution in [0.25, 0.3) is 11.3 Å². The third-order valence-corrected chi connectivity index (χ3v) is 5.93. The van der Waals surface area contributed by atoms with Crippen LogP contribution in [0.4, 0.5) is 5.82 Å². The van der Waals surface area contributed by atoms with E-state index in [1.54, 1.807) is 12.1 Å². The first-order chi connectivity index (χ1) is 16.2. The van der Waals surface area contributed by atoms with Crippen molar-refractivity contribution in [3.8, 4) is 17.0 Å². The molecule has 1 heterocycles. The Morgan fingerprint density at radius 3 is 2.39 bits per heavy atom. The van der Waals surface area contributed by atoms with Crippen molar-refractivity contribution in [2.24, 2.45) is 0 Å². The molecule has 0 saturated heterocycles. The number of benzene rings is 3. The summed E-state index contributed by atoms with van der Waals surface area (Å²) in [7, 11) is 0. The van der Waals surface area contributed by atoms with E-state index in [0.29, 0.717) is 25.1 Å². The van der Waals surface area contributed by atoms with Gasteiger partial charge in [-0.15, -0.1) is 0 Å². The summed E-state index contributed by atoms with van der Waals surface area (Å²) in [5.41, 5.74) is 6.73. The molecule has 1 aliphatic rings. The van der Waals surface area contributed by atoms with Gasteiger partial charge in [0.2, 0.25) is 5.91 Å². The van der Waals surface area contributed by atoms with Crippen molar-refractivity contribution >= 4 is 11.7 Å². The van der Waals surface area contributed by atoms with Crippen LogP contribution in [0.15, 0.2) is 78.9 Å². The number of phenolic OH excluding ortho intramolecular Hbond substituents is 1. The highest BCUT2D eigenvalue weighted by atomic mass is 16.3. The number of hydrogen-bond acceptors (Lipinski definition) is 4. The van der Waals surface area contributed by atoms with Gasteiger partial charge in [-0.25, -0.2) is 9.97 Å². The molecule has 2 N–H and O–H groups in total. The summed E-state index contributed by atoms with van der Waals surface area (Å²) in [6.45, 7) is 0. The molecule has 1 aromatic heterocycles. The van der Waals surface area contributed by atoms with Crippen LogP contribution in [0, 0.1) is 0 Å². The second-order valence-corrected chi connectivity index (χ2v) is 8.38. The van der Waals surface area contributed by atoms with Crippen molar-refractivity contribution in [3.63, 3.8) is 0 Å². The highest BCUT2D eigenvalue weighted by Gasteiger charge is 2.25. The van der Waals surface area contributed by atoms with Gasteiger partial charge in [-0.3, -0.25) is 4.79 Å². The van der Waals surface area contributed by atoms with Crippen molar-refractivity contribution in [1.29, 1.82) is 0 Å². The normalized spacial score (nSPS) is 11.6. The highest BCUT2D eigenvalue weighted by molar-refractivity contribution is 5.90. The van der Waals surface area contributed by atoms with Crippen molar-refractivity contribution in [1.82, 2.24) is 9.97 Å². The van der Waals surface area contributed by atoms with Gasteiger partial charge in [0.1, 0.15) is 5.75 Å². The van der Waals surface area contributed by atoms with E-state index >= 15 is 0 Å². The molecule has 0 fully saturated rings. The largest absolute Gasteiger partial charge is 0.508 e. The van der Waals surface area contributed by atoms with Gasteiger partial charge in [-0.1, -0.05) is 60.7 Å². The molecule has 0 unspecified atom stereocenters. The fourth-order valence-electron chi connectivity index (χ4n) is 4.29. The maximum Gasteiger partial charge on any atom is 0.225 e. The summed E-state index contributed by atoms with van der Waals surface area (Å²) in [5.74, 6) is 0.708. The average Bonchev–Trinajstić information content (AvgIpc) is 3.16. The van der Waals surface area contributed by atoms with Gasteiger partial charge in [0.25, 0.3) is 0 Å². The van der Waals surface area contributed by atoms with Crippen molar-refractivity contribution < 1.29 is 9.90 Å². The molecule has 0 spiro atoms. The lowest BCUT2D eigenvalue weighted by molar-refractivity contribution is -0.116. The van der Waals surface area contributed by atoms with Crippen molar-refractivity contribution in [2.45, 2.75) is 32.1 Å². The predicted molar refractivity (Wildman–Crippen MR) is 129 cm³/mol. The third-order valence-electron chi connectivity index (χ3n) is 5.93. The summed E-state index contributed by atoms with van der Waals surface area (Å²) in [4.78, 5) is 22.5. The maximum absolute atomic E-state index is 12.8. The van der Waals surface area contributed by atoms with Gasteiger partial charge in [-0.05, 0) is 47.7 Å². The summed E-state index contributed by atoms with van der Waals surface area (Å²) < 4.78 is 0. The van der Waals surface area contributed by atoms with Crippen LogP contribution in [0.2, 0.25) is 0 Å². The monoisotopic (exact) mass is 435 g/mol. The van der Waals surface area contributed by atoms with Crippen molar-refractivity contribution in [3.05, 3.63) is 107 Å². The Hall–Kier alpha value is -3.99. The average molecular weight is 436 g/mol. The summed E-state index contributed by atoms with van der Waals surface area (Å²) in [6, 6.07) is 25.6. The van der Waals surface area contributed by atoms with E-state index in [4.69, 9.17) is 9.97 Å². The van der Waals surface area contributed by atoms with Gasteiger partial charge < -0.3 is 10.4 Å². The minimum atomic E-state index is -0.0531. The summed E-state index contributed by atoms with van der Waals surface area (Å²) in [5, 5.41) is 12.9. The summed E-state index contributed by atoms with van der Waals surface area (Å²) >= 11 is 0. The zero-order valence-electron chi connectivity index (χ0n) is 18.3. The molecule has 5 heteroatoms. The molecule has 0 aliphatic heterocycles. The lowest BCUT2D eigenvalue weighted by Gasteiger charge is -2.12. The molecule has 5 rings (SSSR count). The van der Waals surface area contributed by atoms with Crippen LogP contribution in [0.1, 0.15) is 40.9 Å². The van der Waals surface area contributed by atoms with Gasteiger partial charge in [0, 0.05) is 24.8 Å². The number of carbonyl (C=O) groups excluding carboxylic acids is 1. The first-order valence-electron chi connectivity index (χ1n) is 11.3. The molecule has 3 aromatic carbocycles. The second-order valence-electron chi connectivity index (χ2n) is 8.38. The van der Waals surface area contributed by atoms with E-state index in [0.717, 1.165) is 46.6 Å². The molecule has 0 bridgehead atoms. The molecule has 0 saturated carbocycles. The number of aromatic nitrogens is 2. The smallest absolute Gasteiger partial charge is 0.225 e. The molecule has 1 aliphatic carbocycles. The standard InChI is InChI=1S/C28H25N3O2/c32-22-14-15-23-21(17-22)18-24-27(23)29-25(16-20-10-5-2-6-11-20)28(30-24)31-26(33)13-7-12-19-8-3-1-4-9-19/h1-6,8-11,14-15,17,32H,7,12-13,16,18H2,(H,30,31,33). The van der Waals surface area contributed by atoms with Gasteiger partial charge in [0.15, 0.2) is 5.82 Å². The molecule has 4 aromatic rings. The van der Waals surface area contributed by atoms with E-state index in [-0.39, 0.29) is 11.7 Å². The number of nitrogens with one attached hydrogen (secondary N) is 1. The fraction of sp³-hybridized carbons (Fsp3) is 0.179. The number of hydrogen-bond donors (Lipinski definition) is 2. The Bertz CT molecular complexity index is 1290. The van der Waals surface area contributed by atoms with Crippen LogP contribution in [0.5, 0.6) is 5.75 Å². The van der Waals surface area contributed by atoms with E-state index in [9.17, 15) is 9.90 Å². The Labute approximate surface area is 193 Å². The van der Waals surface area contributed by atoms with Crippen LogP contribution < -0.4 is 5.32 Å². The zero-order chi connectivity index (χ0) is 22.6. The Morgan fingerprint density at radius 1 is 0.909 bits per heavy atom. The zero-order valence-corrected chi connectivity index (χ0v) is 18.3. The molecule has 5 nitrogen and oxygen atoms in total. The Balaban J connectivity index is 1.38. The number of anilines is 1. The lowest BCUT2D eigenvalue weighted by Crippen LogP contribution is -2.16. The van der Waals surface area contributed by atoms with Gasteiger partial charge >= 0.3 is 0 Å². The lowest BCUT2D eigenvalue weighted by atomic mass is 10.1. The third kappa shape index (κ3) is 4.77. The molecular formula is C28H25N3O2. The number of carbonyl (C=O) groups is 1. The molecule has 33 heavy (non-hydrogen) atoms. The number of aryl methyl sites for hydroxylation is 1. The SMILES string of the molecule is O=C(CCCc1ccccc1)Nc1nc2c(nc1Cc1ccccc1)-c1ccc(O)cc1C2. The minimum Gasteiger partial charge on any atom is -0.508 e. The summed E-state index contributed by atoms with van der Waals surface area (Å²) in [6.07, 6.45) is 3.22. The van der Waals surface area contributed by atoms with Crippen molar-refractivity contribution in [2.75, 3.05) is 5.32 Å². The molecular weight excluding hydrogens is 410 g/mol. The molecule has 0 radical (unpaired) electrons. The number of nitrogens with zero attached hydrogens (tertiary/aromatic N) is 2. The number of amides is 1. The van der Waals surface area contributed by atoms with E-state index in [2.05, 4.69) is 17.4 Å². The predicted octanol–water partition coefficient (Wildman–Crippen LogP) is 5.31. The van der Waals surface area contributed by atoms with Crippen LogP contribution in [0.3, 0.4) is 0 Å². The number of fused-ring (bicyclic) bond motifs is 3. The molecule has 0 atom stereocenters. The number of phenols is 1. The van der Waals surface area contributed by atoms with Crippen LogP contribution >= 0.6 is 0 Å². The number of aromatic hydroxyl groups is 1. The van der Waals surface area contributed by atoms with E-state index in [1.165, 1.54) is 5.56 Å². The second kappa shape index (κ2) is 9.25.